The molecule has 0 fully saturated rings. The van der Waals surface area contributed by atoms with Gasteiger partial charge >= 0.3 is 11.7 Å². The van der Waals surface area contributed by atoms with Gasteiger partial charge in [0.25, 0.3) is 5.56 Å². The highest BCUT2D eigenvalue weighted by Crippen LogP contribution is 2.20. The minimum atomic E-state index is -0.861. The molecule has 0 bridgehead atoms. The molecule has 0 unspecified atom stereocenters. The number of esters is 1. The second-order valence-electron chi connectivity index (χ2n) is 5.46. The number of ether oxygens (including phenoxy) is 1. The normalized spacial score (nSPS) is 11.0. The maximum Gasteiger partial charge on any atom is 0.353 e. The Morgan fingerprint density at radius 3 is 2.56 bits per heavy atom. The van der Waals surface area contributed by atoms with Gasteiger partial charge in [0.2, 0.25) is 0 Å². The quantitative estimate of drug-likeness (QED) is 0.373. The van der Waals surface area contributed by atoms with Crippen LogP contribution in [0.2, 0.25) is 0 Å². The molecule has 1 aromatic carbocycles. The highest BCUT2D eigenvalue weighted by molar-refractivity contribution is 5.97. The monoisotopic (exact) mass is 342 g/mol. The van der Waals surface area contributed by atoms with E-state index in [4.69, 9.17) is 0 Å². The van der Waals surface area contributed by atoms with Crippen LogP contribution >= 0.6 is 0 Å². The number of hydrogen-bond donors (Lipinski definition) is 0. The number of methoxy groups -OCH3 is 1. The minimum absolute atomic E-state index is 0.0702. The van der Waals surface area contributed by atoms with Gasteiger partial charge in [-0.25, -0.2) is 14.3 Å². The fourth-order valence-electron chi connectivity index (χ4n) is 2.53. The van der Waals surface area contributed by atoms with Gasteiger partial charge in [0.1, 0.15) is 6.54 Å². The molecular weight excluding hydrogens is 328 g/mol. The highest BCUT2D eigenvalue weighted by Gasteiger charge is 2.21. The van der Waals surface area contributed by atoms with E-state index in [1.54, 1.807) is 29.8 Å². The predicted octanol–water partition coefficient (Wildman–Crippen LogP) is -0.0294. The zero-order valence-electron chi connectivity index (χ0n) is 13.8. The Balaban J connectivity index is 2.37. The van der Waals surface area contributed by atoms with E-state index in [9.17, 15) is 19.2 Å². The summed E-state index contributed by atoms with van der Waals surface area (Å²) in [7, 11) is 2.79. The molecule has 0 saturated heterocycles. The van der Waals surface area contributed by atoms with E-state index in [1.807, 2.05) is 0 Å². The first-order chi connectivity index (χ1) is 11.8. The van der Waals surface area contributed by atoms with Crippen LogP contribution in [0.25, 0.3) is 22.6 Å². The first kappa shape index (κ1) is 16.5. The number of rotatable bonds is 3. The predicted molar refractivity (Wildman–Crippen MR) is 87.7 cm³/mol. The standard InChI is InChI=1S/C16H14N4O5/c1-8(21)9-4-5-11-10(6-9)17-13-14(19(11)2)18-16(24)20(15(13)23)7-12(22)25-3/h4-6H,7H2,1-3H3. The van der Waals surface area contributed by atoms with Crippen LogP contribution in [-0.2, 0) is 23.1 Å². The van der Waals surface area contributed by atoms with Crippen LogP contribution in [0.3, 0.4) is 0 Å². The number of ketones is 1. The van der Waals surface area contributed by atoms with Crippen molar-refractivity contribution in [3.63, 3.8) is 0 Å². The summed E-state index contributed by atoms with van der Waals surface area (Å²) in [6.45, 7) is 0.880. The lowest BCUT2D eigenvalue weighted by Crippen LogP contribution is -2.40. The maximum absolute atomic E-state index is 12.6. The largest absolute Gasteiger partial charge is 0.468 e. The fourth-order valence-corrected chi connectivity index (χ4v) is 2.53. The molecule has 0 amide bonds. The molecule has 0 radical (unpaired) electrons. The van der Waals surface area contributed by atoms with Gasteiger partial charge in [0, 0.05) is 12.6 Å². The Labute approximate surface area is 140 Å². The molecular formula is C16H14N4O5. The van der Waals surface area contributed by atoms with E-state index < -0.39 is 23.8 Å². The number of hydrogen-bond acceptors (Lipinski definition) is 7. The molecule has 0 aromatic heterocycles. The van der Waals surface area contributed by atoms with Crippen molar-refractivity contribution in [1.29, 1.82) is 0 Å². The molecule has 25 heavy (non-hydrogen) atoms. The lowest BCUT2D eigenvalue weighted by molar-refractivity contribution is -0.141. The SMILES string of the molecule is COC(=O)Cn1c(=O)nc2n(C)c3ccc(C(C)=O)cc3nc-2c1=O. The Hall–Kier alpha value is -3.36. The Kier molecular flexibility index (Phi) is 3.91. The first-order valence-electron chi connectivity index (χ1n) is 7.32. The van der Waals surface area contributed by atoms with Crippen molar-refractivity contribution in [1.82, 2.24) is 19.1 Å². The Bertz CT molecular complexity index is 1110. The second-order valence-corrected chi connectivity index (χ2v) is 5.46. The first-order valence-corrected chi connectivity index (χ1v) is 7.32. The Morgan fingerprint density at radius 1 is 1.20 bits per heavy atom. The molecule has 2 heterocycles. The second kappa shape index (κ2) is 5.93. The van der Waals surface area contributed by atoms with Crippen LogP contribution < -0.4 is 11.2 Å². The van der Waals surface area contributed by atoms with Crippen LogP contribution in [0, 0.1) is 0 Å². The number of carbonyl (C=O) groups is 2. The third-order valence-electron chi connectivity index (χ3n) is 3.90. The van der Waals surface area contributed by atoms with Crippen molar-refractivity contribution in [3.05, 3.63) is 44.6 Å². The summed E-state index contributed by atoms with van der Waals surface area (Å²) in [6, 6.07) is 4.87. The van der Waals surface area contributed by atoms with Crippen LogP contribution in [-0.4, -0.2) is 38.0 Å². The fraction of sp³-hybridized carbons (Fsp3) is 0.250. The average Bonchev–Trinajstić information content (AvgIpc) is 2.59. The maximum atomic E-state index is 12.6. The lowest BCUT2D eigenvalue weighted by atomic mass is 10.1. The summed E-state index contributed by atoms with van der Waals surface area (Å²) in [6.07, 6.45) is 0. The molecule has 2 aliphatic heterocycles. The van der Waals surface area contributed by atoms with E-state index in [-0.39, 0.29) is 17.3 Å². The molecule has 128 valence electrons. The summed E-state index contributed by atoms with van der Waals surface area (Å²) in [4.78, 5) is 55.8. The Morgan fingerprint density at radius 2 is 1.92 bits per heavy atom. The van der Waals surface area contributed by atoms with Crippen molar-refractivity contribution >= 4 is 22.8 Å². The van der Waals surface area contributed by atoms with Crippen LogP contribution in [0.4, 0.5) is 0 Å². The van der Waals surface area contributed by atoms with E-state index in [0.717, 1.165) is 7.11 Å². The summed E-state index contributed by atoms with van der Waals surface area (Å²) < 4.78 is 6.70. The van der Waals surface area contributed by atoms with Gasteiger partial charge in [-0.1, -0.05) is 0 Å². The van der Waals surface area contributed by atoms with Gasteiger partial charge in [0.05, 0.1) is 18.1 Å². The van der Waals surface area contributed by atoms with Crippen molar-refractivity contribution in [2.45, 2.75) is 13.5 Å². The molecule has 0 atom stereocenters. The average molecular weight is 342 g/mol. The van der Waals surface area contributed by atoms with Gasteiger partial charge in [-0.2, -0.15) is 4.98 Å². The molecule has 9 heteroatoms. The molecule has 1 aromatic rings. The zero-order chi connectivity index (χ0) is 18.3. The third kappa shape index (κ3) is 2.69. The number of Topliss-reactive ketones (excluding diaryl/α,β-unsaturated/α-hetero) is 1. The highest BCUT2D eigenvalue weighted by atomic mass is 16.5. The zero-order valence-corrected chi connectivity index (χ0v) is 13.8. The summed E-state index contributed by atoms with van der Waals surface area (Å²) in [5, 5.41) is 0. The molecule has 9 nitrogen and oxygen atoms in total. The molecule has 0 aliphatic carbocycles. The van der Waals surface area contributed by atoms with Crippen molar-refractivity contribution in [3.8, 4) is 11.5 Å². The van der Waals surface area contributed by atoms with E-state index in [1.165, 1.54) is 6.92 Å². The van der Waals surface area contributed by atoms with Gasteiger partial charge in [-0.3, -0.25) is 14.4 Å². The van der Waals surface area contributed by atoms with E-state index >= 15 is 0 Å². The molecule has 2 aliphatic rings. The number of aromatic nitrogens is 4. The van der Waals surface area contributed by atoms with Gasteiger partial charge in [-0.15, -0.1) is 0 Å². The van der Waals surface area contributed by atoms with Crippen molar-refractivity contribution in [2.24, 2.45) is 7.05 Å². The van der Waals surface area contributed by atoms with Crippen LogP contribution in [0.1, 0.15) is 17.3 Å². The third-order valence-corrected chi connectivity index (χ3v) is 3.90. The van der Waals surface area contributed by atoms with Crippen molar-refractivity contribution < 1.29 is 14.3 Å². The number of aryl methyl sites for hydroxylation is 1. The summed E-state index contributed by atoms with van der Waals surface area (Å²) >= 11 is 0. The number of fused-ring (bicyclic) bond motifs is 2. The summed E-state index contributed by atoms with van der Waals surface area (Å²) in [5.41, 5.74) is -0.215. The molecule has 0 spiro atoms. The van der Waals surface area contributed by atoms with Crippen LogP contribution in [0.5, 0.6) is 0 Å². The van der Waals surface area contributed by atoms with Crippen LogP contribution in [0.15, 0.2) is 27.8 Å². The minimum Gasteiger partial charge on any atom is -0.468 e. The molecule has 0 N–H and O–H groups in total. The van der Waals surface area contributed by atoms with E-state index in [0.29, 0.717) is 21.2 Å². The lowest BCUT2D eigenvalue weighted by Gasteiger charge is -2.14. The van der Waals surface area contributed by atoms with Gasteiger partial charge in [-0.05, 0) is 25.1 Å². The van der Waals surface area contributed by atoms with Gasteiger partial charge < -0.3 is 9.30 Å². The topological polar surface area (TPSA) is 113 Å². The number of carbonyl (C=O) groups excluding carboxylic acids is 2. The number of benzene rings is 1. The smallest absolute Gasteiger partial charge is 0.353 e. The molecule has 0 saturated carbocycles. The van der Waals surface area contributed by atoms with E-state index in [2.05, 4.69) is 14.7 Å². The van der Waals surface area contributed by atoms with Crippen molar-refractivity contribution in [2.75, 3.05) is 7.11 Å². The summed E-state index contributed by atoms with van der Waals surface area (Å²) in [5.74, 6) is -0.786. The van der Waals surface area contributed by atoms with Gasteiger partial charge in [0.15, 0.2) is 17.3 Å². The number of nitrogens with zero attached hydrogens (tertiary/aromatic N) is 4. The molecule has 3 rings (SSSR count).